The van der Waals surface area contributed by atoms with Crippen molar-refractivity contribution in [3.63, 3.8) is 0 Å². The average Bonchev–Trinajstić information content (AvgIpc) is 2.43. The molecule has 2 heteroatoms. The first-order valence-corrected chi connectivity index (χ1v) is 8.95. The normalized spacial score (nSPS) is 12.5. The van der Waals surface area contributed by atoms with Gasteiger partial charge in [-0.25, -0.2) is 0 Å². The maximum Gasteiger partial charge on any atom is 0.306 e. The second kappa shape index (κ2) is 14.9. The second-order valence-electron chi connectivity index (χ2n) is 6.15. The van der Waals surface area contributed by atoms with Gasteiger partial charge in [0, 0.05) is 0 Å². The number of carbonyl (C=O) groups is 1. The van der Waals surface area contributed by atoms with Crippen LogP contribution < -0.4 is 0 Å². The molecule has 0 radical (unpaired) electrons. The zero-order valence-corrected chi connectivity index (χ0v) is 13.8. The van der Waals surface area contributed by atoms with E-state index in [0.717, 1.165) is 32.1 Å². The molecule has 20 heavy (non-hydrogen) atoms. The summed E-state index contributed by atoms with van der Waals surface area (Å²) in [6.45, 7) is 4.38. The maximum atomic E-state index is 11.1. The number of carboxylic acid groups (broad SMARTS) is 1. The number of hydrogen-bond acceptors (Lipinski definition) is 1. The topological polar surface area (TPSA) is 37.3 Å². The molecule has 0 fully saturated rings. The molecule has 0 aromatic rings. The molecule has 0 bridgehead atoms. The van der Waals surface area contributed by atoms with E-state index in [0.29, 0.717) is 0 Å². The van der Waals surface area contributed by atoms with E-state index in [9.17, 15) is 4.79 Å². The minimum atomic E-state index is -0.589. The predicted octanol–water partition coefficient (Wildman–Crippen LogP) is 6.19. The molecule has 0 aliphatic heterocycles. The molecule has 0 aromatic heterocycles. The van der Waals surface area contributed by atoms with Gasteiger partial charge in [-0.2, -0.15) is 0 Å². The van der Waals surface area contributed by atoms with Gasteiger partial charge in [0.15, 0.2) is 0 Å². The molecule has 0 saturated carbocycles. The van der Waals surface area contributed by atoms with Gasteiger partial charge in [-0.05, 0) is 12.8 Å². The van der Waals surface area contributed by atoms with Gasteiger partial charge in [0.05, 0.1) is 5.92 Å². The molecule has 1 atom stereocenters. The molecule has 0 rings (SSSR count). The SMILES string of the molecule is CCCCCCCCCCCC[C@@H](CCCC)C(=O)O. The Bertz CT molecular complexity index is 213. The van der Waals surface area contributed by atoms with Crippen molar-refractivity contribution < 1.29 is 9.90 Å². The number of carboxylic acids is 1. The summed E-state index contributed by atoms with van der Waals surface area (Å²) in [5.74, 6) is -0.682. The fourth-order valence-electron chi connectivity index (χ4n) is 2.72. The van der Waals surface area contributed by atoms with E-state index < -0.39 is 5.97 Å². The molecular formula is C18H36O2. The van der Waals surface area contributed by atoms with Crippen LogP contribution in [-0.4, -0.2) is 11.1 Å². The van der Waals surface area contributed by atoms with Crippen LogP contribution in [0.3, 0.4) is 0 Å². The van der Waals surface area contributed by atoms with E-state index in [-0.39, 0.29) is 5.92 Å². The number of rotatable bonds is 15. The molecule has 0 aliphatic carbocycles. The first-order valence-electron chi connectivity index (χ1n) is 8.95. The third-order valence-electron chi connectivity index (χ3n) is 4.16. The Balaban J connectivity index is 3.34. The quantitative estimate of drug-likeness (QED) is 0.364. The lowest BCUT2D eigenvalue weighted by Crippen LogP contribution is -2.13. The lowest BCUT2D eigenvalue weighted by atomic mass is 9.95. The smallest absolute Gasteiger partial charge is 0.306 e. The van der Waals surface area contributed by atoms with Crippen molar-refractivity contribution in [2.75, 3.05) is 0 Å². The highest BCUT2D eigenvalue weighted by molar-refractivity contribution is 5.69. The molecular weight excluding hydrogens is 248 g/mol. The van der Waals surface area contributed by atoms with Gasteiger partial charge in [-0.1, -0.05) is 90.9 Å². The molecule has 120 valence electrons. The molecule has 0 aliphatic rings. The van der Waals surface area contributed by atoms with Crippen molar-refractivity contribution in [2.45, 2.75) is 104 Å². The summed E-state index contributed by atoms with van der Waals surface area (Å²) in [6.07, 6.45) is 17.1. The molecule has 2 nitrogen and oxygen atoms in total. The van der Waals surface area contributed by atoms with Crippen molar-refractivity contribution in [1.82, 2.24) is 0 Å². The Kier molecular flexibility index (Phi) is 14.5. The molecule has 0 saturated heterocycles. The van der Waals surface area contributed by atoms with Crippen LogP contribution in [0.25, 0.3) is 0 Å². The van der Waals surface area contributed by atoms with Crippen molar-refractivity contribution in [1.29, 1.82) is 0 Å². The van der Waals surface area contributed by atoms with E-state index in [1.165, 1.54) is 57.8 Å². The first kappa shape index (κ1) is 19.5. The molecule has 0 amide bonds. The molecule has 0 unspecified atom stereocenters. The van der Waals surface area contributed by atoms with Gasteiger partial charge in [-0.3, -0.25) is 4.79 Å². The van der Waals surface area contributed by atoms with Gasteiger partial charge in [0.2, 0.25) is 0 Å². The zero-order valence-electron chi connectivity index (χ0n) is 13.8. The van der Waals surface area contributed by atoms with Gasteiger partial charge < -0.3 is 5.11 Å². The Morgan fingerprint density at radius 1 is 0.700 bits per heavy atom. The van der Waals surface area contributed by atoms with E-state index in [1.807, 2.05) is 0 Å². The van der Waals surface area contributed by atoms with Crippen molar-refractivity contribution in [3.8, 4) is 0 Å². The standard InChI is InChI=1S/C18H36O2/c1-3-5-7-8-9-10-11-12-13-14-16-17(18(19)20)15-6-4-2/h17H,3-16H2,1-2H3,(H,19,20)/t17-/m1/s1. The second-order valence-corrected chi connectivity index (χ2v) is 6.15. The van der Waals surface area contributed by atoms with Crippen LogP contribution in [0, 0.1) is 5.92 Å². The summed E-state index contributed by atoms with van der Waals surface area (Å²) in [5.41, 5.74) is 0. The van der Waals surface area contributed by atoms with Gasteiger partial charge in [0.1, 0.15) is 0 Å². The highest BCUT2D eigenvalue weighted by atomic mass is 16.4. The van der Waals surface area contributed by atoms with Crippen LogP contribution in [0.2, 0.25) is 0 Å². The van der Waals surface area contributed by atoms with E-state index >= 15 is 0 Å². The summed E-state index contributed by atoms with van der Waals surface area (Å²) in [6, 6.07) is 0. The van der Waals surface area contributed by atoms with Gasteiger partial charge in [-0.15, -0.1) is 0 Å². The summed E-state index contributed by atoms with van der Waals surface area (Å²) in [5, 5.41) is 9.14. The van der Waals surface area contributed by atoms with Crippen LogP contribution >= 0.6 is 0 Å². The minimum absolute atomic E-state index is 0.0935. The molecule has 0 heterocycles. The zero-order chi connectivity index (χ0) is 15.1. The van der Waals surface area contributed by atoms with Crippen molar-refractivity contribution in [2.24, 2.45) is 5.92 Å². The summed E-state index contributed by atoms with van der Waals surface area (Å²) >= 11 is 0. The lowest BCUT2D eigenvalue weighted by Gasteiger charge is -2.11. The summed E-state index contributed by atoms with van der Waals surface area (Å²) in [7, 11) is 0. The van der Waals surface area contributed by atoms with E-state index in [2.05, 4.69) is 13.8 Å². The number of hydrogen-bond donors (Lipinski definition) is 1. The van der Waals surface area contributed by atoms with Crippen LogP contribution in [0.5, 0.6) is 0 Å². The van der Waals surface area contributed by atoms with E-state index in [4.69, 9.17) is 5.11 Å². The maximum absolute atomic E-state index is 11.1. The average molecular weight is 284 g/mol. The lowest BCUT2D eigenvalue weighted by molar-refractivity contribution is -0.142. The van der Waals surface area contributed by atoms with Crippen LogP contribution in [-0.2, 0) is 4.79 Å². The van der Waals surface area contributed by atoms with Crippen LogP contribution in [0.15, 0.2) is 0 Å². The van der Waals surface area contributed by atoms with Crippen LogP contribution in [0.1, 0.15) is 104 Å². The first-order chi connectivity index (χ1) is 9.72. The Labute approximate surface area is 126 Å². The predicted molar refractivity (Wildman–Crippen MR) is 87.1 cm³/mol. The van der Waals surface area contributed by atoms with Crippen LogP contribution in [0.4, 0.5) is 0 Å². The summed E-state index contributed by atoms with van der Waals surface area (Å²) in [4.78, 5) is 11.1. The Morgan fingerprint density at radius 3 is 1.55 bits per heavy atom. The third-order valence-corrected chi connectivity index (χ3v) is 4.16. The highest BCUT2D eigenvalue weighted by Gasteiger charge is 2.15. The molecule has 0 spiro atoms. The van der Waals surface area contributed by atoms with Crippen molar-refractivity contribution in [3.05, 3.63) is 0 Å². The number of unbranched alkanes of at least 4 members (excludes halogenated alkanes) is 10. The largest absolute Gasteiger partial charge is 0.481 e. The monoisotopic (exact) mass is 284 g/mol. The Hall–Kier alpha value is -0.530. The minimum Gasteiger partial charge on any atom is -0.481 e. The highest BCUT2D eigenvalue weighted by Crippen LogP contribution is 2.18. The van der Waals surface area contributed by atoms with Gasteiger partial charge >= 0.3 is 5.97 Å². The summed E-state index contributed by atoms with van der Waals surface area (Å²) < 4.78 is 0. The van der Waals surface area contributed by atoms with Crippen molar-refractivity contribution >= 4 is 5.97 Å². The number of aliphatic carboxylic acids is 1. The van der Waals surface area contributed by atoms with E-state index in [1.54, 1.807) is 0 Å². The Morgan fingerprint density at radius 2 is 1.10 bits per heavy atom. The third kappa shape index (κ3) is 12.5. The fourth-order valence-corrected chi connectivity index (χ4v) is 2.72. The van der Waals surface area contributed by atoms with Gasteiger partial charge in [0.25, 0.3) is 0 Å². The molecule has 1 N–H and O–H groups in total. The fraction of sp³-hybridized carbons (Fsp3) is 0.944. The molecule has 0 aromatic carbocycles.